The van der Waals surface area contributed by atoms with Crippen molar-refractivity contribution in [3.8, 4) is 0 Å². The van der Waals surface area contributed by atoms with Crippen molar-refractivity contribution >= 4 is 33.1 Å². The molecule has 0 aromatic heterocycles. The maximum Gasteiger partial charge on any atom is 0.435 e. The van der Waals surface area contributed by atoms with E-state index in [-0.39, 0.29) is 46.2 Å². The Bertz CT molecular complexity index is 1300. The van der Waals surface area contributed by atoms with Gasteiger partial charge in [-0.1, -0.05) is 35.8 Å². The number of nitrogens with one attached hydrogen (secondary N) is 1. The molecule has 0 radical (unpaired) electrons. The van der Waals surface area contributed by atoms with Crippen LogP contribution in [0, 0.1) is 12.8 Å². The van der Waals surface area contributed by atoms with Crippen molar-refractivity contribution < 1.29 is 31.2 Å². The fraction of sp³-hybridized carbons (Fsp3) is 0.417. The van der Waals surface area contributed by atoms with Gasteiger partial charge in [-0.2, -0.15) is 13.2 Å². The zero-order valence-corrected chi connectivity index (χ0v) is 20.6. The molecule has 1 N–H and O–H groups in total. The summed E-state index contributed by atoms with van der Waals surface area (Å²) in [6.07, 6.45) is -4.78. The van der Waals surface area contributed by atoms with E-state index in [1.165, 1.54) is 24.3 Å². The van der Waals surface area contributed by atoms with Gasteiger partial charge >= 0.3 is 6.18 Å². The molecule has 1 amide bonds. The van der Waals surface area contributed by atoms with Gasteiger partial charge in [-0.3, -0.25) is 4.79 Å². The summed E-state index contributed by atoms with van der Waals surface area (Å²) in [4.78, 5) is 17.6. The monoisotopic (exact) mass is 528 g/mol. The molecule has 188 valence electrons. The molecule has 35 heavy (non-hydrogen) atoms. The smallest absolute Gasteiger partial charge is 0.374 e. The van der Waals surface area contributed by atoms with Gasteiger partial charge in [-0.05, 0) is 54.3 Å². The molecule has 6 nitrogen and oxygen atoms in total. The van der Waals surface area contributed by atoms with Crippen LogP contribution >= 0.6 is 11.6 Å². The van der Waals surface area contributed by atoms with Crippen LogP contribution in [-0.4, -0.2) is 44.3 Å². The Hall–Kier alpha value is -2.59. The second kappa shape index (κ2) is 9.13. The van der Waals surface area contributed by atoms with Crippen LogP contribution in [-0.2, 0) is 26.7 Å². The summed E-state index contributed by atoms with van der Waals surface area (Å²) in [5.74, 6) is -0.376. The fourth-order valence-corrected chi connectivity index (χ4v) is 6.20. The lowest BCUT2D eigenvalue weighted by Crippen LogP contribution is -2.44. The Morgan fingerprint density at radius 2 is 1.94 bits per heavy atom. The molecule has 0 aliphatic carbocycles. The molecule has 1 unspecified atom stereocenters. The fourth-order valence-electron chi connectivity index (χ4n) is 4.36. The first-order chi connectivity index (χ1) is 16.3. The zero-order chi connectivity index (χ0) is 25.6. The second-order valence-electron chi connectivity index (χ2n) is 9.02. The molecule has 0 spiro atoms. The highest BCUT2D eigenvalue weighted by atomic mass is 35.5. The van der Waals surface area contributed by atoms with Crippen LogP contribution in [0.4, 0.5) is 13.2 Å². The van der Waals surface area contributed by atoms with Gasteiger partial charge in [0.25, 0.3) is 11.5 Å². The number of hydrogen-bond donors (Lipinski definition) is 1. The molecule has 1 fully saturated rings. The summed E-state index contributed by atoms with van der Waals surface area (Å²) in [6, 6.07) is 8.93. The molecule has 2 aromatic carbocycles. The molecule has 2 aliphatic heterocycles. The van der Waals surface area contributed by atoms with Gasteiger partial charge in [0.2, 0.25) is 0 Å². The number of halogens is 4. The molecular weight excluding hydrogens is 505 g/mol. The number of sulfone groups is 1. The first-order valence-corrected chi connectivity index (χ1v) is 13.2. The molecule has 1 saturated heterocycles. The summed E-state index contributed by atoms with van der Waals surface area (Å²) in [5, 5.41) is 6.70. The quantitative estimate of drug-likeness (QED) is 0.595. The summed E-state index contributed by atoms with van der Waals surface area (Å²) in [6.45, 7) is 3.74. The number of hydrogen-bond acceptors (Lipinski definition) is 5. The number of carbonyl (C=O) groups excluding carboxylic acids is 1. The molecule has 2 heterocycles. The van der Waals surface area contributed by atoms with Crippen molar-refractivity contribution in [3.63, 3.8) is 0 Å². The summed E-state index contributed by atoms with van der Waals surface area (Å²) in [5.41, 5.74) is -0.713. The molecule has 2 aromatic rings. The normalized spacial score (nSPS) is 21.7. The first kappa shape index (κ1) is 25.5. The SMILES string of the molecule is CCc1cc(Cl)cc(C2(C(F)(F)F)CC(c3ccc(C(=O)NCC4CS(=O)(=O)C4)c(C)c3)=NO2)c1. The average molecular weight is 529 g/mol. The molecule has 1 atom stereocenters. The molecule has 0 saturated carbocycles. The van der Waals surface area contributed by atoms with Gasteiger partial charge in [-0.15, -0.1) is 0 Å². The zero-order valence-electron chi connectivity index (χ0n) is 19.1. The van der Waals surface area contributed by atoms with E-state index in [4.69, 9.17) is 16.4 Å². The van der Waals surface area contributed by atoms with E-state index < -0.39 is 28.0 Å². The topological polar surface area (TPSA) is 84.8 Å². The van der Waals surface area contributed by atoms with Crippen molar-refractivity contribution in [2.24, 2.45) is 11.1 Å². The van der Waals surface area contributed by atoms with Gasteiger partial charge in [0.15, 0.2) is 9.84 Å². The van der Waals surface area contributed by atoms with E-state index in [2.05, 4.69) is 10.5 Å². The van der Waals surface area contributed by atoms with E-state index in [0.717, 1.165) is 0 Å². The number of nitrogens with zero attached hydrogens (tertiary/aromatic N) is 1. The number of benzene rings is 2. The molecular formula is C24H24ClF3N2O4S. The molecule has 4 rings (SSSR count). The first-order valence-electron chi connectivity index (χ1n) is 11.0. The van der Waals surface area contributed by atoms with Crippen molar-refractivity contribution in [3.05, 3.63) is 69.2 Å². The second-order valence-corrected chi connectivity index (χ2v) is 11.6. The van der Waals surface area contributed by atoms with Gasteiger partial charge in [0, 0.05) is 35.0 Å². The third kappa shape index (κ3) is 5.04. The van der Waals surface area contributed by atoms with Crippen molar-refractivity contribution in [1.29, 1.82) is 0 Å². The van der Waals surface area contributed by atoms with Gasteiger partial charge in [0.1, 0.15) is 0 Å². The van der Waals surface area contributed by atoms with Crippen molar-refractivity contribution in [1.82, 2.24) is 5.32 Å². The number of aryl methyl sites for hydroxylation is 2. The predicted octanol–water partition coefficient (Wildman–Crippen LogP) is 4.57. The lowest BCUT2D eigenvalue weighted by atomic mass is 9.85. The highest BCUT2D eigenvalue weighted by molar-refractivity contribution is 7.92. The van der Waals surface area contributed by atoms with E-state index >= 15 is 0 Å². The lowest BCUT2D eigenvalue weighted by molar-refractivity contribution is -0.275. The van der Waals surface area contributed by atoms with Crippen LogP contribution in [0.15, 0.2) is 41.6 Å². The minimum absolute atomic E-state index is 0.0539. The summed E-state index contributed by atoms with van der Waals surface area (Å²) in [7, 11) is -2.98. The van der Waals surface area contributed by atoms with E-state index in [1.807, 2.05) is 6.92 Å². The number of amides is 1. The predicted molar refractivity (Wildman–Crippen MR) is 126 cm³/mol. The van der Waals surface area contributed by atoms with Crippen molar-refractivity contribution in [2.45, 2.75) is 38.5 Å². The average Bonchev–Trinajstić information content (AvgIpc) is 3.22. The van der Waals surface area contributed by atoms with Crippen LogP contribution in [0.2, 0.25) is 5.02 Å². The highest BCUT2D eigenvalue weighted by Gasteiger charge is 2.62. The third-order valence-corrected chi connectivity index (χ3v) is 8.53. The van der Waals surface area contributed by atoms with E-state index in [1.54, 1.807) is 19.1 Å². The van der Waals surface area contributed by atoms with Crippen LogP contribution in [0.3, 0.4) is 0 Å². The Kier molecular flexibility index (Phi) is 6.65. The highest BCUT2D eigenvalue weighted by Crippen LogP contribution is 2.49. The standard InChI is InChI=1S/C24H24ClF3N2O4S/c1-3-15-7-18(9-19(25)8-15)23(24(26,27)28)10-21(30-34-23)17-4-5-20(14(2)6-17)22(31)29-11-16-12-35(32,33)13-16/h4-9,16H,3,10-13H2,1-2H3,(H,29,31). The Balaban J connectivity index is 1.53. The maximum absolute atomic E-state index is 14.3. The van der Waals surface area contributed by atoms with Crippen LogP contribution < -0.4 is 5.32 Å². The van der Waals surface area contributed by atoms with Crippen LogP contribution in [0.5, 0.6) is 0 Å². The number of alkyl halides is 3. The van der Waals surface area contributed by atoms with Gasteiger partial charge in [-0.25, -0.2) is 8.42 Å². The van der Waals surface area contributed by atoms with Crippen molar-refractivity contribution in [2.75, 3.05) is 18.1 Å². The summed E-state index contributed by atoms with van der Waals surface area (Å²) >= 11 is 6.08. The Labute approximate surface area is 206 Å². The molecule has 2 aliphatic rings. The largest absolute Gasteiger partial charge is 0.435 e. The maximum atomic E-state index is 14.3. The van der Waals surface area contributed by atoms with Crippen LogP contribution in [0.1, 0.15) is 46.0 Å². The van der Waals surface area contributed by atoms with Gasteiger partial charge in [0.05, 0.1) is 17.2 Å². The van der Waals surface area contributed by atoms with E-state index in [9.17, 15) is 26.4 Å². The summed E-state index contributed by atoms with van der Waals surface area (Å²) < 4.78 is 65.5. The van der Waals surface area contributed by atoms with Gasteiger partial charge < -0.3 is 10.2 Å². The molecule has 0 bridgehead atoms. The number of oxime groups is 1. The Morgan fingerprint density at radius 3 is 2.54 bits per heavy atom. The number of rotatable bonds is 6. The van der Waals surface area contributed by atoms with Crippen LogP contribution in [0.25, 0.3) is 0 Å². The third-order valence-electron chi connectivity index (χ3n) is 6.35. The molecule has 11 heteroatoms. The minimum Gasteiger partial charge on any atom is -0.374 e. The van der Waals surface area contributed by atoms with E-state index in [0.29, 0.717) is 28.7 Å². The Morgan fingerprint density at radius 1 is 1.23 bits per heavy atom. The number of carbonyl (C=O) groups is 1. The lowest BCUT2D eigenvalue weighted by Gasteiger charge is -2.30. The minimum atomic E-state index is -4.75.